The number of fused-ring (bicyclic) bond motifs is 1. The second kappa shape index (κ2) is 5.64. The Morgan fingerprint density at radius 3 is 2.90 bits per heavy atom. The summed E-state index contributed by atoms with van der Waals surface area (Å²) in [6.45, 7) is 4.29. The Morgan fingerprint density at radius 2 is 2.10 bits per heavy atom. The average molecular weight is 288 g/mol. The molecular formula is C15H16N2O2S. The van der Waals surface area contributed by atoms with Gasteiger partial charge in [-0.25, -0.2) is 4.79 Å². The molecule has 3 aromatic rings. The van der Waals surface area contributed by atoms with E-state index >= 15 is 0 Å². The molecule has 3 rings (SSSR count). The Hall–Kier alpha value is -1.85. The van der Waals surface area contributed by atoms with Crippen LogP contribution < -0.4 is 11.1 Å². The molecule has 0 aliphatic rings. The van der Waals surface area contributed by atoms with Gasteiger partial charge in [0.25, 0.3) is 0 Å². The van der Waals surface area contributed by atoms with E-state index in [0.717, 1.165) is 18.6 Å². The maximum Gasteiger partial charge on any atom is 0.419 e. The molecule has 0 aliphatic carbocycles. The van der Waals surface area contributed by atoms with Gasteiger partial charge >= 0.3 is 5.76 Å². The van der Waals surface area contributed by atoms with E-state index < -0.39 is 0 Å². The summed E-state index contributed by atoms with van der Waals surface area (Å²) in [5, 5.41) is 3.35. The van der Waals surface area contributed by atoms with Crippen molar-refractivity contribution in [2.45, 2.75) is 20.0 Å². The molecule has 0 saturated heterocycles. The third-order valence-corrected chi connectivity index (χ3v) is 4.18. The number of rotatable bonds is 5. The highest BCUT2D eigenvalue weighted by Gasteiger charge is 2.07. The lowest BCUT2D eigenvalue weighted by molar-refractivity contribution is 0.494. The third-order valence-electron chi connectivity index (χ3n) is 3.18. The summed E-state index contributed by atoms with van der Waals surface area (Å²) < 4.78 is 6.87. The van der Waals surface area contributed by atoms with Crippen LogP contribution in [-0.2, 0) is 13.1 Å². The van der Waals surface area contributed by atoms with Crippen molar-refractivity contribution < 1.29 is 4.42 Å². The summed E-state index contributed by atoms with van der Waals surface area (Å²) in [6.07, 6.45) is 0. The first kappa shape index (κ1) is 13.1. The predicted octanol–water partition coefficient (Wildman–Crippen LogP) is 2.75. The lowest BCUT2D eigenvalue weighted by Crippen LogP contribution is -2.24. The Balaban J connectivity index is 1.62. The van der Waals surface area contributed by atoms with Crippen LogP contribution in [0, 0.1) is 6.92 Å². The van der Waals surface area contributed by atoms with Crippen LogP contribution in [0.25, 0.3) is 11.1 Å². The summed E-state index contributed by atoms with van der Waals surface area (Å²) in [7, 11) is 0. The standard InChI is InChI=1S/C15H16N2O2S/c1-11-6-7-12(20-11)10-16-8-9-17-13-4-2-3-5-14(13)19-15(17)18/h2-7,16H,8-10H2,1H3. The van der Waals surface area contributed by atoms with E-state index in [4.69, 9.17) is 4.42 Å². The Kier molecular flexibility index (Phi) is 3.71. The molecule has 1 N–H and O–H groups in total. The van der Waals surface area contributed by atoms with Crippen LogP contribution in [-0.4, -0.2) is 11.1 Å². The van der Waals surface area contributed by atoms with E-state index in [9.17, 15) is 4.79 Å². The molecule has 5 heteroatoms. The van der Waals surface area contributed by atoms with Crippen LogP contribution in [0.2, 0.25) is 0 Å². The SMILES string of the molecule is Cc1ccc(CNCCn2c(=O)oc3ccccc32)s1. The lowest BCUT2D eigenvalue weighted by Gasteiger charge is -2.04. The molecular weight excluding hydrogens is 272 g/mol. The summed E-state index contributed by atoms with van der Waals surface area (Å²) >= 11 is 1.79. The minimum atomic E-state index is -0.292. The van der Waals surface area contributed by atoms with Gasteiger partial charge in [-0.05, 0) is 31.2 Å². The van der Waals surface area contributed by atoms with Gasteiger partial charge in [-0.15, -0.1) is 11.3 Å². The summed E-state index contributed by atoms with van der Waals surface area (Å²) in [6, 6.07) is 11.8. The van der Waals surface area contributed by atoms with Gasteiger partial charge < -0.3 is 9.73 Å². The molecule has 2 heterocycles. The predicted molar refractivity (Wildman–Crippen MR) is 81.2 cm³/mol. The van der Waals surface area contributed by atoms with Crippen molar-refractivity contribution in [3.63, 3.8) is 0 Å². The summed E-state index contributed by atoms with van der Waals surface area (Å²) in [5.41, 5.74) is 1.50. The monoisotopic (exact) mass is 288 g/mol. The molecule has 0 spiro atoms. The van der Waals surface area contributed by atoms with Crippen LogP contribution in [0.4, 0.5) is 0 Å². The van der Waals surface area contributed by atoms with Gasteiger partial charge in [-0.1, -0.05) is 12.1 Å². The maximum atomic E-state index is 11.8. The number of nitrogens with zero attached hydrogens (tertiary/aromatic N) is 1. The van der Waals surface area contributed by atoms with Crippen LogP contribution >= 0.6 is 11.3 Å². The van der Waals surface area contributed by atoms with Gasteiger partial charge in [-0.3, -0.25) is 4.57 Å². The number of benzene rings is 1. The zero-order valence-corrected chi connectivity index (χ0v) is 12.1. The van der Waals surface area contributed by atoms with Crippen molar-refractivity contribution in [3.8, 4) is 0 Å². The fourth-order valence-corrected chi connectivity index (χ4v) is 3.07. The van der Waals surface area contributed by atoms with Crippen LogP contribution in [0.1, 0.15) is 9.75 Å². The van der Waals surface area contributed by atoms with Crippen LogP contribution in [0.5, 0.6) is 0 Å². The van der Waals surface area contributed by atoms with Crippen molar-refractivity contribution in [1.82, 2.24) is 9.88 Å². The van der Waals surface area contributed by atoms with Crippen LogP contribution in [0.15, 0.2) is 45.6 Å². The molecule has 0 fully saturated rings. The fourth-order valence-electron chi connectivity index (χ4n) is 2.21. The summed E-state index contributed by atoms with van der Waals surface area (Å²) in [5.74, 6) is -0.292. The Labute approximate surface area is 120 Å². The van der Waals surface area contributed by atoms with Crippen molar-refractivity contribution in [2.75, 3.05) is 6.54 Å². The first-order valence-corrected chi connectivity index (χ1v) is 7.40. The molecule has 0 aliphatic heterocycles. The van der Waals surface area contributed by atoms with Gasteiger partial charge in [0.05, 0.1) is 5.52 Å². The van der Waals surface area contributed by atoms with E-state index in [2.05, 4.69) is 24.4 Å². The van der Waals surface area contributed by atoms with E-state index in [1.807, 2.05) is 24.3 Å². The quantitative estimate of drug-likeness (QED) is 0.734. The van der Waals surface area contributed by atoms with E-state index in [1.54, 1.807) is 15.9 Å². The molecule has 4 nitrogen and oxygen atoms in total. The van der Waals surface area contributed by atoms with Gasteiger partial charge in [0.1, 0.15) is 0 Å². The number of oxazole rings is 1. The fraction of sp³-hybridized carbons (Fsp3) is 0.267. The number of para-hydroxylation sites is 2. The topological polar surface area (TPSA) is 47.2 Å². The third kappa shape index (κ3) is 2.69. The van der Waals surface area contributed by atoms with Crippen molar-refractivity contribution in [3.05, 3.63) is 56.7 Å². The molecule has 2 aromatic heterocycles. The number of thiophene rings is 1. The second-order valence-corrected chi connectivity index (χ2v) is 6.05. The normalized spacial score (nSPS) is 11.2. The average Bonchev–Trinajstić information content (AvgIpc) is 2.98. The van der Waals surface area contributed by atoms with Crippen molar-refractivity contribution in [2.24, 2.45) is 0 Å². The first-order chi connectivity index (χ1) is 9.74. The Morgan fingerprint density at radius 1 is 1.25 bits per heavy atom. The molecule has 0 saturated carbocycles. The van der Waals surface area contributed by atoms with Crippen LogP contribution in [0.3, 0.4) is 0 Å². The first-order valence-electron chi connectivity index (χ1n) is 6.58. The molecule has 1 aromatic carbocycles. The Bertz CT molecular complexity index is 769. The zero-order valence-electron chi connectivity index (χ0n) is 11.3. The smallest absolute Gasteiger partial charge is 0.408 e. The second-order valence-electron chi connectivity index (χ2n) is 4.68. The van der Waals surface area contributed by atoms with E-state index in [-0.39, 0.29) is 5.76 Å². The minimum absolute atomic E-state index is 0.292. The number of hydrogen-bond acceptors (Lipinski definition) is 4. The van der Waals surface area contributed by atoms with Gasteiger partial charge in [0.15, 0.2) is 5.58 Å². The largest absolute Gasteiger partial charge is 0.419 e. The van der Waals surface area contributed by atoms with Gasteiger partial charge in [0, 0.05) is 29.4 Å². The molecule has 104 valence electrons. The maximum absolute atomic E-state index is 11.8. The van der Waals surface area contributed by atoms with Gasteiger partial charge in [0.2, 0.25) is 0 Å². The highest BCUT2D eigenvalue weighted by atomic mass is 32.1. The molecule has 0 atom stereocenters. The molecule has 20 heavy (non-hydrogen) atoms. The highest BCUT2D eigenvalue weighted by Crippen LogP contribution is 2.14. The number of nitrogens with one attached hydrogen (secondary N) is 1. The van der Waals surface area contributed by atoms with Gasteiger partial charge in [-0.2, -0.15) is 0 Å². The molecule has 0 radical (unpaired) electrons. The lowest BCUT2D eigenvalue weighted by atomic mass is 10.3. The van der Waals surface area contributed by atoms with E-state index in [1.165, 1.54) is 9.75 Å². The molecule has 0 bridgehead atoms. The number of hydrogen-bond donors (Lipinski definition) is 1. The summed E-state index contributed by atoms with van der Waals surface area (Å²) in [4.78, 5) is 14.4. The van der Waals surface area contributed by atoms with Crippen molar-refractivity contribution >= 4 is 22.4 Å². The van der Waals surface area contributed by atoms with Crippen molar-refractivity contribution in [1.29, 1.82) is 0 Å². The zero-order chi connectivity index (χ0) is 13.9. The molecule has 0 amide bonds. The molecule has 0 unspecified atom stereocenters. The van der Waals surface area contributed by atoms with E-state index in [0.29, 0.717) is 12.1 Å². The number of aryl methyl sites for hydroxylation is 1. The highest BCUT2D eigenvalue weighted by molar-refractivity contribution is 7.11. The minimum Gasteiger partial charge on any atom is -0.408 e. The number of aromatic nitrogens is 1.